The molecule has 5 rings (SSSR count). The summed E-state index contributed by atoms with van der Waals surface area (Å²) in [5.41, 5.74) is 0. The molecule has 0 radical (unpaired) electrons. The van der Waals surface area contributed by atoms with Gasteiger partial charge in [0, 0.05) is 34.0 Å². The summed E-state index contributed by atoms with van der Waals surface area (Å²) in [4.78, 5) is 8.06. The highest BCUT2D eigenvalue weighted by molar-refractivity contribution is 8.14. The Morgan fingerprint density at radius 3 is 2.50 bits per heavy atom. The fourth-order valence-electron chi connectivity index (χ4n) is 6.70. The minimum Gasteiger partial charge on any atom is -0.300 e. The molecule has 3 aliphatic heterocycles. The zero-order valence-corrected chi connectivity index (χ0v) is 18.2. The first-order valence-electron chi connectivity index (χ1n) is 10.8. The van der Waals surface area contributed by atoms with Crippen molar-refractivity contribution in [2.45, 2.75) is 98.3 Å². The predicted molar refractivity (Wildman–Crippen MR) is 114 cm³/mol. The van der Waals surface area contributed by atoms with Gasteiger partial charge in [0.15, 0.2) is 0 Å². The Bertz CT molecular complexity index is 562. The summed E-state index contributed by atoms with van der Waals surface area (Å²) in [6, 6.07) is 2.09. The number of rotatable bonds is 2. The molecule has 2 saturated carbocycles. The number of aliphatic imine (C=N–C) groups is 1. The smallest absolute Gasteiger partial charge is 0.0732 e. The lowest BCUT2D eigenvalue weighted by Crippen LogP contribution is -2.51. The van der Waals surface area contributed by atoms with E-state index in [1.54, 1.807) is 0 Å². The molecular weight excluding hydrogens is 383 g/mol. The number of halogens is 2. The number of nitrogens with zero attached hydrogens (tertiary/aromatic N) is 2. The van der Waals surface area contributed by atoms with Crippen LogP contribution in [-0.4, -0.2) is 51.1 Å². The van der Waals surface area contributed by atoms with Gasteiger partial charge in [-0.3, -0.25) is 9.89 Å². The normalized spacial score (nSPS) is 52.0. The van der Waals surface area contributed by atoms with Gasteiger partial charge in [-0.05, 0) is 83.1 Å². The summed E-state index contributed by atoms with van der Waals surface area (Å²) in [5.74, 6) is 2.39. The fourth-order valence-corrected chi connectivity index (χ4v) is 9.05. The van der Waals surface area contributed by atoms with Crippen LogP contribution in [0.4, 0.5) is 0 Å². The molecule has 0 aromatic carbocycles. The van der Waals surface area contributed by atoms with E-state index in [9.17, 15) is 0 Å². The highest BCUT2D eigenvalue weighted by atomic mass is 35.5. The van der Waals surface area contributed by atoms with E-state index >= 15 is 0 Å². The SMILES string of the molecule is CN1C2CC[C@@H]1C[C@H](C1CCC(Cl)CC1)[C@@H]2C1=NC2CCC(Cl)CC2S1. The predicted octanol–water partition coefficient (Wildman–Crippen LogP) is 5.56. The molecule has 4 fully saturated rings. The van der Waals surface area contributed by atoms with Crippen molar-refractivity contribution in [1.29, 1.82) is 0 Å². The first-order valence-corrected chi connectivity index (χ1v) is 12.6. The van der Waals surface area contributed by atoms with E-state index in [4.69, 9.17) is 28.2 Å². The van der Waals surface area contributed by atoms with Crippen LogP contribution in [0, 0.1) is 17.8 Å². The van der Waals surface area contributed by atoms with Crippen molar-refractivity contribution in [3.05, 3.63) is 0 Å². The molecule has 2 aliphatic carbocycles. The highest BCUT2D eigenvalue weighted by Crippen LogP contribution is 2.52. The lowest BCUT2D eigenvalue weighted by atomic mass is 9.68. The first-order chi connectivity index (χ1) is 12.6. The van der Waals surface area contributed by atoms with Crippen LogP contribution >= 0.6 is 35.0 Å². The molecular formula is C21H32Cl2N2S. The van der Waals surface area contributed by atoms with Crippen LogP contribution in [0.5, 0.6) is 0 Å². The Kier molecular flexibility index (Phi) is 5.31. The number of hydrogen-bond acceptors (Lipinski definition) is 3. The molecule has 0 N–H and O–H groups in total. The number of fused-ring (bicyclic) bond motifs is 3. The molecule has 4 unspecified atom stereocenters. The second-order valence-corrected chi connectivity index (χ2v) is 12.0. The van der Waals surface area contributed by atoms with E-state index in [1.807, 2.05) is 0 Å². The molecule has 2 bridgehead atoms. The summed E-state index contributed by atoms with van der Waals surface area (Å²) < 4.78 is 0. The Morgan fingerprint density at radius 1 is 0.923 bits per heavy atom. The minimum absolute atomic E-state index is 0.373. The molecule has 2 saturated heterocycles. The van der Waals surface area contributed by atoms with Gasteiger partial charge < -0.3 is 0 Å². The molecule has 5 heteroatoms. The summed E-state index contributed by atoms with van der Waals surface area (Å²) >= 11 is 15.0. The zero-order chi connectivity index (χ0) is 17.8. The number of alkyl halides is 2. The van der Waals surface area contributed by atoms with Crippen molar-refractivity contribution in [2.24, 2.45) is 22.7 Å². The topological polar surface area (TPSA) is 15.6 Å². The maximum atomic E-state index is 6.48. The number of thioether (sulfide) groups is 1. The zero-order valence-electron chi connectivity index (χ0n) is 15.8. The van der Waals surface area contributed by atoms with Crippen LogP contribution in [0.25, 0.3) is 0 Å². The molecule has 2 nitrogen and oxygen atoms in total. The molecule has 3 heterocycles. The van der Waals surface area contributed by atoms with Crippen molar-refractivity contribution in [3.63, 3.8) is 0 Å². The standard InChI is InChI=1S/C21H32Cl2N2S/c1-25-15-7-9-18(25)20(16(11-15)12-2-4-13(22)5-3-12)21-24-17-8-6-14(23)10-19(17)26-21/h12-20H,2-11H2,1H3/t12?,13?,14?,15-,16-,17?,18?,19?,20+/m1/s1. The van der Waals surface area contributed by atoms with Crippen LogP contribution in [-0.2, 0) is 0 Å². The summed E-state index contributed by atoms with van der Waals surface area (Å²) in [6.45, 7) is 0. The third kappa shape index (κ3) is 3.27. The van der Waals surface area contributed by atoms with Gasteiger partial charge in [0.2, 0.25) is 0 Å². The molecule has 146 valence electrons. The highest BCUT2D eigenvalue weighted by Gasteiger charge is 2.52. The molecule has 26 heavy (non-hydrogen) atoms. The van der Waals surface area contributed by atoms with E-state index in [1.165, 1.54) is 56.4 Å². The van der Waals surface area contributed by atoms with E-state index in [-0.39, 0.29) is 0 Å². The third-order valence-electron chi connectivity index (χ3n) is 8.16. The Hall–Kier alpha value is 0.560. The maximum Gasteiger partial charge on any atom is 0.0732 e. The molecule has 0 spiro atoms. The first kappa shape index (κ1) is 18.6. The van der Waals surface area contributed by atoms with E-state index < -0.39 is 0 Å². The molecule has 0 aromatic heterocycles. The van der Waals surface area contributed by atoms with Gasteiger partial charge in [0.05, 0.1) is 11.1 Å². The lowest BCUT2D eigenvalue weighted by Gasteiger charge is -2.47. The van der Waals surface area contributed by atoms with Crippen molar-refractivity contribution >= 4 is 40.0 Å². The Morgan fingerprint density at radius 2 is 1.69 bits per heavy atom. The van der Waals surface area contributed by atoms with Crippen LogP contribution in [0.15, 0.2) is 4.99 Å². The van der Waals surface area contributed by atoms with Crippen LogP contribution in [0.3, 0.4) is 0 Å². The summed E-state index contributed by atoms with van der Waals surface area (Å²) in [7, 11) is 2.38. The van der Waals surface area contributed by atoms with Gasteiger partial charge in [-0.1, -0.05) is 0 Å². The van der Waals surface area contributed by atoms with Crippen LogP contribution < -0.4 is 0 Å². The second kappa shape index (κ2) is 7.43. The molecule has 0 amide bonds. The largest absolute Gasteiger partial charge is 0.300 e. The Balaban J connectivity index is 1.40. The molecule has 0 aromatic rings. The van der Waals surface area contributed by atoms with Crippen molar-refractivity contribution < 1.29 is 0 Å². The van der Waals surface area contributed by atoms with E-state index in [0.717, 1.165) is 36.8 Å². The van der Waals surface area contributed by atoms with Gasteiger partial charge in [-0.25, -0.2) is 0 Å². The van der Waals surface area contributed by atoms with Crippen molar-refractivity contribution in [3.8, 4) is 0 Å². The van der Waals surface area contributed by atoms with Gasteiger partial charge in [0.25, 0.3) is 0 Å². The monoisotopic (exact) mass is 414 g/mol. The van der Waals surface area contributed by atoms with Gasteiger partial charge >= 0.3 is 0 Å². The third-order valence-corrected chi connectivity index (χ3v) is 10.4. The minimum atomic E-state index is 0.373. The van der Waals surface area contributed by atoms with E-state index in [0.29, 0.717) is 28.0 Å². The molecule has 7 atom stereocenters. The quantitative estimate of drug-likeness (QED) is 0.549. The maximum absolute atomic E-state index is 6.48. The molecule has 5 aliphatic rings. The van der Waals surface area contributed by atoms with Crippen LogP contribution in [0.1, 0.15) is 64.2 Å². The summed E-state index contributed by atoms with van der Waals surface area (Å²) in [5, 5.41) is 2.97. The van der Waals surface area contributed by atoms with Gasteiger partial charge in [-0.15, -0.1) is 35.0 Å². The average Bonchev–Trinajstić information content (AvgIpc) is 3.13. The van der Waals surface area contributed by atoms with E-state index in [2.05, 4.69) is 23.7 Å². The fraction of sp³-hybridized carbons (Fsp3) is 0.952. The average molecular weight is 415 g/mol. The Labute approximate surface area is 172 Å². The van der Waals surface area contributed by atoms with Crippen LogP contribution in [0.2, 0.25) is 0 Å². The van der Waals surface area contributed by atoms with Gasteiger partial charge in [0.1, 0.15) is 0 Å². The number of hydrogen-bond donors (Lipinski definition) is 0. The van der Waals surface area contributed by atoms with Gasteiger partial charge in [-0.2, -0.15) is 0 Å². The summed E-state index contributed by atoms with van der Waals surface area (Å²) in [6.07, 6.45) is 12.8. The van der Waals surface area contributed by atoms with Crippen molar-refractivity contribution in [1.82, 2.24) is 4.90 Å². The van der Waals surface area contributed by atoms with Crippen molar-refractivity contribution in [2.75, 3.05) is 7.05 Å². The lowest BCUT2D eigenvalue weighted by molar-refractivity contribution is 0.0593. The second-order valence-electron chi connectivity index (χ2n) is 9.50. The number of piperidine rings is 1.